The van der Waals surface area contributed by atoms with E-state index in [1.165, 1.54) is 16.7 Å². The molecular weight excluding hydrogens is 182 g/mol. The first kappa shape index (κ1) is 8.79. The zero-order valence-corrected chi connectivity index (χ0v) is 8.14. The molecular formula is C11H12ClN. The fourth-order valence-electron chi connectivity index (χ4n) is 1.82. The molecule has 0 bridgehead atoms. The van der Waals surface area contributed by atoms with Gasteiger partial charge in [-0.1, -0.05) is 29.8 Å². The van der Waals surface area contributed by atoms with E-state index in [0.29, 0.717) is 6.54 Å². The highest BCUT2D eigenvalue weighted by Crippen LogP contribution is 2.34. The molecule has 2 rings (SSSR count). The number of benzene rings is 1. The van der Waals surface area contributed by atoms with Crippen LogP contribution in [0.2, 0.25) is 5.02 Å². The molecule has 0 amide bonds. The van der Waals surface area contributed by atoms with E-state index in [9.17, 15) is 0 Å². The van der Waals surface area contributed by atoms with Crippen LogP contribution in [0.1, 0.15) is 17.5 Å². The van der Waals surface area contributed by atoms with Crippen LogP contribution >= 0.6 is 11.6 Å². The van der Waals surface area contributed by atoms with Gasteiger partial charge >= 0.3 is 0 Å². The Balaban J connectivity index is 2.42. The van der Waals surface area contributed by atoms with Gasteiger partial charge in [-0.2, -0.15) is 0 Å². The van der Waals surface area contributed by atoms with Gasteiger partial charge in [-0.05, 0) is 42.2 Å². The third-order valence-corrected chi connectivity index (χ3v) is 2.72. The standard InChI is InChI=1S/C11H12ClN/c12-10-3-1-2-8-4-5-9(6-7-13)11(8)10/h1-3,5H,4,6-7,13H2. The number of nitrogens with two attached hydrogens (primary N) is 1. The van der Waals surface area contributed by atoms with Gasteiger partial charge in [0.2, 0.25) is 0 Å². The molecule has 0 atom stereocenters. The van der Waals surface area contributed by atoms with E-state index in [-0.39, 0.29) is 0 Å². The molecule has 0 spiro atoms. The summed E-state index contributed by atoms with van der Waals surface area (Å²) in [7, 11) is 0. The first-order valence-corrected chi connectivity index (χ1v) is 4.87. The van der Waals surface area contributed by atoms with Crippen LogP contribution in [0.25, 0.3) is 5.57 Å². The molecule has 1 aromatic rings. The minimum atomic E-state index is 0.691. The fourth-order valence-corrected chi connectivity index (χ4v) is 2.13. The van der Waals surface area contributed by atoms with E-state index in [2.05, 4.69) is 12.1 Å². The Morgan fingerprint density at radius 2 is 2.23 bits per heavy atom. The number of rotatable bonds is 2. The first-order valence-electron chi connectivity index (χ1n) is 4.50. The molecule has 0 heterocycles. The average molecular weight is 194 g/mol. The maximum atomic E-state index is 6.12. The quantitative estimate of drug-likeness (QED) is 0.768. The van der Waals surface area contributed by atoms with Crippen LogP contribution in [-0.4, -0.2) is 6.54 Å². The Morgan fingerprint density at radius 1 is 1.38 bits per heavy atom. The van der Waals surface area contributed by atoms with Crippen LogP contribution in [0.3, 0.4) is 0 Å². The zero-order valence-electron chi connectivity index (χ0n) is 7.39. The highest BCUT2D eigenvalue weighted by Gasteiger charge is 2.15. The van der Waals surface area contributed by atoms with Crippen LogP contribution in [-0.2, 0) is 6.42 Å². The van der Waals surface area contributed by atoms with E-state index in [1.807, 2.05) is 12.1 Å². The van der Waals surface area contributed by atoms with Crippen molar-refractivity contribution in [3.8, 4) is 0 Å². The molecule has 68 valence electrons. The van der Waals surface area contributed by atoms with E-state index in [4.69, 9.17) is 17.3 Å². The molecule has 0 unspecified atom stereocenters. The van der Waals surface area contributed by atoms with Crippen molar-refractivity contribution in [1.29, 1.82) is 0 Å². The lowest BCUT2D eigenvalue weighted by Gasteiger charge is -2.06. The Hall–Kier alpha value is -0.790. The molecule has 0 aromatic heterocycles. The Bertz CT molecular complexity index is 355. The normalized spacial score (nSPS) is 14.2. The van der Waals surface area contributed by atoms with Gasteiger partial charge in [0.15, 0.2) is 0 Å². The van der Waals surface area contributed by atoms with E-state index in [0.717, 1.165) is 17.9 Å². The topological polar surface area (TPSA) is 26.0 Å². The maximum absolute atomic E-state index is 6.12. The highest BCUT2D eigenvalue weighted by molar-refractivity contribution is 6.32. The first-order chi connectivity index (χ1) is 6.33. The van der Waals surface area contributed by atoms with Crippen LogP contribution < -0.4 is 5.73 Å². The number of fused-ring (bicyclic) bond motifs is 1. The lowest BCUT2D eigenvalue weighted by molar-refractivity contribution is 1.02. The van der Waals surface area contributed by atoms with Crippen molar-refractivity contribution < 1.29 is 0 Å². The van der Waals surface area contributed by atoms with E-state index >= 15 is 0 Å². The average Bonchev–Trinajstić information content (AvgIpc) is 2.51. The van der Waals surface area contributed by atoms with Gasteiger partial charge in [-0.15, -0.1) is 0 Å². The van der Waals surface area contributed by atoms with Crippen LogP contribution in [0.4, 0.5) is 0 Å². The molecule has 0 aliphatic heterocycles. The third-order valence-electron chi connectivity index (χ3n) is 2.40. The summed E-state index contributed by atoms with van der Waals surface area (Å²) in [5.74, 6) is 0. The summed E-state index contributed by atoms with van der Waals surface area (Å²) in [5, 5.41) is 0.856. The minimum absolute atomic E-state index is 0.691. The number of halogens is 1. The van der Waals surface area contributed by atoms with Crippen molar-refractivity contribution in [3.63, 3.8) is 0 Å². The van der Waals surface area contributed by atoms with Crippen molar-refractivity contribution in [1.82, 2.24) is 0 Å². The summed E-state index contributed by atoms with van der Waals surface area (Å²) < 4.78 is 0. The van der Waals surface area contributed by atoms with Crippen molar-refractivity contribution in [2.75, 3.05) is 6.54 Å². The molecule has 2 heteroatoms. The second kappa shape index (κ2) is 3.52. The summed E-state index contributed by atoms with van der Waals surface area (Å²) in [4.78, 5) is 0. The molecule has 1 aliphatic rings. The second-order valence-corrected chi connectivity index (χ2v) is 3.65. The summed E-state index contributed by atoms with van der Waals surface area (Å²) in [6.07, 6.45) is 4.16. The smallest absolute Gasteiger partial charge is 0.0483 e. The second-order valence-electron chi connectivity index (χ2n) is 3.25. The number of hydrogen-bond acceptors (Lipinski definition) is 1. The molecule has 1 aromatic carbocycles. The van der Waals surface area contributed by atoms with Gasteiger partial charge in [0.1, 0.15) is 0 Å². The number of hydrogen-bond donors (Lipinski definition) is 1. The maximum Gasteiger partial charge on any atom is 0.0483 e. The Morgan fingerprint density at radius 3 is 3.00 bits per heavy atom. The van der Waals surface area contributed by atoms with Gasteiger partial charge in [-0.25, -0.2) is 0 Å². The summed E-state index contributed by atoms with van der Waals surface area (Å²) in [6, 6.07) is 6.07. The monoisotopic (exact) mass is 193 g/mol. The van der Waals surface area contributed by atoms with Crippen molar-refractivity contribution in [2.24, 2.45) is 5.73 Å². The van der Waals surface area contributed by atoms with Gasteiger partial charge in [0.25, 0.3) is 0 Å². The van der Waals surface area contributed by atoms with Gasteiger partial charge < -0.3 is 5.73 Å². The third kappa shape index (κ3) is 1.50. The molecule has 2 N–H and O–H groups in total. The molecule has 0 radical (unpaired) electrons. The summed E-state index contributed by atoms with van der Waals surface area (Å²) in [6.45, 7) is 0.691. The molecule has 13 heavy (non-hydrogen) atoms. The SMILES string of the molecule is NCCC1=CCc2cccc(Cl)c21. The summed E-state index contributed by atoms with van der Waals surface area (Å²) in [5.41, 5.74) is 9.39. The van der Waals surface area contributed by atoms with Crippen molar-refractivity contribution in [3.05, 3.63) is 40.4 Å². The summed E-state index contributed by atoms with van der Waals surface area (Å²) >= 11 is 6.12. The molecule has 0 saturated heterocycles. The Kier molecular flexibility index (Phi) is 2.38. The fraction of sp³-hybridized carbons (Fsp3) is 0.273. The van der Waals surface area contributed by atoms with E-state index in [1.54, 1.807) is 0 Å². The minimum Gasteiger partial charge on any atom is -0.330 e. The molecule has 0 fully saturated rings. The van der Waals surface area contributed by atoms with Crippen LogP contribution in [0.15, 0.2) is 24.3 Å². The van der Waals surface area contributed by atoms with Crippen LogP contribution in [0, 0.1) is 0 Å². The van der Waals surface area contributed by atoms with Gasteiger partial charge in [0, 0.05) is 5.02 Å². The van der Waals surface area contributed by atoms with Crippen molar-refractivity contribution >= 4 is 17.2 Å². The Labute approximate surface area is 83.2 Å². The largest absolute Gasteiger partial charge is 0.330 e. The van der Waals surface area contributed by atoms with Crippen molar-refractivity contribution in [2.45, 2.75) is 12.8 Å². The zero-order chi connectivity index (χ0) is 9.26. The highest BCUT2D eigenvalue weighted by atomic mass is 35.5. The van der Waals surface area contributed by atoms with Crippen LogP contribution in [0.5, 0.6) is 0 Å². The number of allylic oxidation sites excluding steroid dienone is 1. The van der Waals surface area contributed by atoms with E-state index < -0.39 is 0 Å². The van der Waals surface area contributed by atoms with Gasteiger partial charge in [0.05, 0.1) is 0 Å². The predicted molar refractivity (Wildman–Crippen MR) is 56.8 cm³/mol. The molecule has 1 aliphatic carbocycles. The molecule has 1 nitrogen and oxygen atoms in total. The molecule has 0 saturated carbocycles. The lowest BCUT2D eigenvalue weighted by Crippen LogP contribution is -1.99. The van der Waals surface area contributed by atoms with Gasteiger partial charge in [-0.3, -0.25) is 0 Å². The lowest BCUT2D eigenvalue weighted by atomic mass is 10.0. The predicted octanol–water partition coefficient (Wildman–Crippen LogP) is 2.63.